The molecule has 0 atom stereocenters. The highest BCUT2D eigenvalue weighted by Crippen LogP contribution is 2.35. The average Bonchev–Trinajstić information content (AvgIpc) is 3.31. The first-order chi connectivity index (χ1) is 16.4. The second-order valence-electron chi connectivity index (χ2n) is 8.65. The first-order valence-electron chi connectivity index (χ1n) is 11.7. The molecule has 2 heterocycles. The van der Waals surface area contributed by atoms with Crippen LogP contribution in [-0.4, -0.2) is 35.1 Å². The van der Waals surface area contributed by atoms with Gasteiger partial charge in [0, 0.05) is 24.1 Å². The Bertz CT molecular complexity index is 1220. The number of benzene rings is 1. The predicted octanol–water partition coefficient (Wildman–Crippen LogP) is 5.40. The topological polar surface area (TPSA) is 86.6 Å². The largest absolute Gasteiger partial charge is 0.462 e. The number of nitrogens with one attached hydrogen (secondary N) is 1. The van der Waals surface area contributed by atoms with Crippen LogP contribution >= 0.6 is 11.3 Å². The van der Waals surface area contributed by atoms with Gasteiger partial charge >= 0.3 is 11.9 Å². The average molecular weight is 483 g/mol. The van der Waals surface area contributed by atoms with Crippen LogP contribution in [0.5, 0.6) is 0 Å². The van der Waals surface area contributed by atoms with Gasteiger partial charge in [-0.1, -0.05) is 24.6 Å². The van der Waals surface area contributed by atoms with Crippen molar-refractivity contribution in [2.75, 3.05) is 11.9 Å². The molecule has 2 aromatic heterocycles. The number of amides is 1. The summed E-state index contributed by atoms with van der Waals surface area (Å²) in [6.07, 6.45) is 6.94. The Morgan fingerprint density at radius 2 is 1.85 bits per heavy atom. The summed E-state index contributed by atoms with van der Waals surface area (Å²) in [6.45, 7) is 3.61. The third kappa shape index (κ3) is 5.01. The Kier molecular flexibility index (Phi) is 7.36. The number of para-hydroxylation sites is 1. The summed E-state index contributed by atoms with van der Waals surface area (Å²) in [4.78, 5) is 39.0. The summed E-state index contributed by atoms with van der Waals surface area (Å²) < 4.78 is 12.9. The maximum atomic E-state index is 13.0. The molecule has 8 heteroatoms. The molecule has 0 unspecified atom stereocenters. The lowest BCUT2D eigenvalue weighted by Gasteiger charge is -2.21. The lowest BCUT2D eigenvalue weighted by molar-refractivity contribution is -0.115. The highest BCUT2D eigenvalue weighted by molar-refractivity contribution is 7.18. The molecule has 0 spiro atoms. The molecule has 34 heavy (non-hydrogen) atoms. The van der Waals surface area contributed by atoms with Gasteiger partial charge in [-0.25, -0.2) is 9.59 Å². The number of aryl methyl sites for hydroxylation is 1. The molecule has 0 aliphatic heterocycles. The van der Waals surface area contributed by atoms with Gasteiger partial charge in [-0.15, -0.1) is 11.3 Å². The van der Waals surface area contributed by atoms with Gasteiger partial charge in [-0.05, 0) is 56.7 Å². The van der Waals surface area contributed by atoms with Crippen LogP contribution in [-0.2, 0) is 27.7 Å². The third-order valence-corrected chi connectivity index (χ3v) is 7.41. The standard InChI is InChI=1S/C26H30N2O5S/c1-4-32-25(30)22-16(2)23(26(31)33-18-10-6-5-7-11-18)34-24(22)27-21(29)14-17-15-28(3)20-13-9-8-12-19(17)20/h8-9,12-13,15,18H,4-7,10-11,14H2,1-3H3,(H,27,29). The van der Waals surface area contributed by atoms with E-state index in [0.717, 1.165) is 59.9 Å². The number of hydrogen-bond acceptors (Lipinski definition) is 6. The zero-order valence-electron chi connectivity index (χ0n) is 19.8. The van der Waals surface area contributed by atoms with Gasteiger partial charge in [0.15, 0.2) is 0 Å². The monoisotopic (exact) mass is 482 g/mol. The van der Waals surface area contributed by atoms with Gasteiger partial charge in [-0.2, -0.15) is 0 Å². The molecule has 1 N–H and O–H groups in total. The molecule has 3 aromatic rings. The second-order valence-corrected chi connectivity index (χ2v) is 9.67. The van der Waals surface area contributed by atoms with Crippen molar-refractivity contribution in [1.29, 1.82) is 0 Å². The number of carbonyl (C=O) groups excluding carboxylic acids is 3. The SMILES string of the molecule is CCOC(=O)c1c(NC(=O)Cc2cn(C)c3ccccc23)sc(C(=O)OC2CCCCC2)c1C. The van der Waals surface area contributed by atoms with Gasteiger partial charge in [0.25, 0.3) is 0 Å². The van der Waals surface area contributed by atoms with Crippen LogP contribution in [0.4, 0.5) is 5.00 Å². The molecule has 0 saturated heterocycles. The third-order valence-electron chi connectivity index (χ3n) is 6.22. The fourth-order valence-electron chi connectivity index (χ4n) is 4.54. The van der Waals surface area contributed by atoms with Crippen LogP contribution in [0.3, 0.4) is 0 Å². The highest BCUT2D eigenvalue weighted by atomic mass is 32.1. The summed E-state index contributed by atoms with van der Waals surface area (Å²) in [7, 11) is 1.94. The van der Waals surface area contributed by atoms with E-state index in [2.05, 4.69) is 5.32 Å². The number of thiophene rings is 1. The summed E-state index contributed by atoms with van der Waals surface area (Å²) in [5.41, 5.74) is 2.62. The smallest absolute Gasteiger partial charge is 0.348 e. The van der Waals surface area contributed by atoms with Crippen molar-refractivity contribution in [2.45, 2.75) is 58.5 Å². The Labute approximate surface area is 203 Å². The molecule has 1 aromatic carbocycles. The lowest BCUT2D eigenvalue weighted by atomic mass is 9.98. The van der Waals surface area contributed by atoms with Crippen molar-refractivity contribution in [3.63, 3.8) is 0 Å². The molecular weight excluding hydrogens is 452 g/mol. The normalized spacial score (nSPS) is 14.2. The van der Waals surface area contributed by atoms with Gasteiger partial charge < -0.3 is 19.4 Å². The van der Waals surface area contributed by atoms with Gasteiger partial charge in [0.2, 0.25) is 5.91 Å². The highest BCUT2D eigenvalue weighted by Gasteiger charge is 2.29. The summed E-state index contributed by atoms with van der Waals surface area (Å²) >= 11 is 1.07. The zero-order chi connectivity index (χ0) is 24.2. The number of anilines is 1. The molecule has 180 valence electrons. The van der Waals surface area contributed by atoms with Crippen LogP contribution in [0.1, 0.15) is 70.2 Å². The first kappa shape index (κ1) is 24.0. The van der Waals surface area contributed by atoms with Crippen molar-refractivity contribution < 1.29 is 23.9 Å². The van der Waals surface area contributed by atoms with Crippen molar-refractivity contribution in [3.8, 4) is 0 Å². The van der Waals surface area contributed by atoms with Crippen LogP contribution in [0.15, 0.2) is 30.5 Å². The molecule has 1 amide bonds. The summed E-state index contributed by atoms with van der Waals surface area (Å²) in [6, 6.07) is 7.88. The van der Waals surface area contributed by atoms with Crippen LogP contribution < -0.4 is 5.32 Å². The number of rotatable bonds is 7. The molecule has 0 bridgehead atoms. The zero-order valence-corrected chi connectivity index (χ0v) is 20.6. The van der Waals surface area contributed by atoms with Gasteiger partial charge in [0.05, 0.1) is 18.6 Å². The van der Waals surface area contributed by atoms with Crippen LogP contribution in [0.2, 0.25) is 0 Å². The number of carbonyl (C=O) groups is 3. The molecule has 1 aliphatic rings. The molecule has 4 rings (SSSR count). The molecule has 7 nitrogen and oxygen atoms in total. The second kappa shape index (κ2) is 10.4. The number of nitrogens with zero attached hydrogens (tertiary/aromatic N) is 1. The number of ether oxygens (including phenoxy) is 2. The van der Waals surface area contributed by atoms with E-state index in [9.17, 15) is 14.4 Å². The quantitative estimate of drug-likeness (QED) is 0.456. The minimum absolute atomic E-state index is 0.0989. The molecule has 1 saturated carbocycles. The predicted molar refractivity (Wildman–Crippen MR) is 133 cm³/mol. The molecule has 0 radical (unpaired) electrons. The van der Waals surface area contributed by atoms with E-state index in [0.29, 0.717) is 15.4 Å². The number of fused-ring (bicyclic) bond motifs is 1. The van der Waals surface area contributed by atoms with Crippen molar-refractivity contribution in [2.24, 2.45) is 7.05 Å². The van der Waals surface area contributed by atoms with E-state index < -0.39 is 11.9 Å². The van der Waals surface area contributed by atoms with Crippen LogP contribution in [0, 0.1) is 6.92 Å². The fourth-order valence-corrected chi connectivity index (χ4v) is 5.64. The minimum atomic E-state index is -0.562. The van der Waals surface area contributed by atoms with E-state index in [4.69, 9.17) is 9.47 Å². The molecule has 1 aliphatic carbocycles. The van der Waals surface area contributed by atoms with E-state index in [-0.39, 0.29) is 30.6 Å². The molecular formula is C26H30N2O5S. The fraction of sp³-hybridized carbons (Fsp3) is 0.423. The van der Waals surface area contributed by atoms with Crippen LogP contribution in [0.25, 0.3) is 10.9 Å². The van der Waals surface area contributed by atoms with Gasteiger partial charge in [0.1, 0.15) is 16.0 Å². The maximum Gasteiger partial charge on any atom is 0.348 e. The summed E-state index contributed by atoms with van der Waals surface area (Å²) in [5.74, 6) is -1.28. The van der Waals surface area contributed by atoms with Crippen molar-refractivity contribution in [3.05, 3.63) is 52.0 Å². The lowest BCUT2D eigenvalue weighted by Crippen LogP contribution is -2.21. The minimum Gasteiger partial charge on any atom is -0.462 e. The van der Waals surface area contributed by atoms with E-state index in [1.165, 1.54) is 0 Å². The number of hydrogen-bond donors (Lipinski definition) is 1. The Hall–Kier alpha value is -3.13. The van der Waals surface area contributed by atoms with E-state index >= 15 is 0 Å². The number of aromatic nitrogens is 1. The van der Waals surface area contributed by atoms with E-state index in [1.807, 2.05) is 42.1 Å². The Morgan fingerprint density at radius 1 is 1.12 bits per heavy atom. The molecule has 1 fully saturated rings. The Balaban J connectivity index is 1.57. The maximum absolute atomic E-state index is 13.0. The first-order valence-corrected chi connectivity index (χ1v) is 12.5. The number of esters is 2. The van der Waals surface area contributed by atoms with Crippen molar-refractivity contribution >= 4 is 45.1 Å². The summed E-state index contributed by atoms with van der Waals surface area (Å²) in [5, 5.41) is 4.17. The van der Waals surface area contributed by atoms with Gasteiger partial charge in [-0.3, -0.25) is 4.79 Å². The van der Waals surface area contributed by atoms with E-state index in [1.54, 1.807) is 13.8 Å². The Morgan fingerprint density at radius 3 is 2.59 bits per heavy atom. The van der Waals surface area contributed by atoms with Crippen molar-refractivity contribution in [1.82, 2.24) is 4.57 Å².